The van der Waals surface area contributed by atoms with Gasteiger partial charge in [-0.2, -0.15) is 4.31 Å². The summed E-state index contributed by atoms with van der Waals surface area (Å²) in [7, 11) is -3.54. The number of sulfonamides is 1. The molecule has 30 heavy (non-hydrogen) atoms. The Bertz CT molecular complexity index is 1050. The highest BCUT2D eigenvalue weighted by atomic mass is 32.2. The third kappa shape index (κ3) is 4.01. The first-order chi connectivity index (χ1) is 14.4. The lowest BCUT2D eigenvalue weighted by Crippen LogP contribution is -2.51. The highest BCUT2D eigenvalue weighted by Gasteiger charge is 2.34. The SMILES string of the molecule is CCOC(=O)N1CCN(S(=O)(=O)C(C)c2ccc3c(c2)Nc2ccccc2S3)CC1. The van der Waals surface area contributed by atoms with Crippen LogP contribution in [0.2, 0.25) is 0 Å². The van der Waals surface area contributed by atoms with Crippen molar-refractivity contribution in [1.29, 1.82) is 0 Å². The van der Waals surface area contributed by atoms with E-state index in [0.717, 1.165) is 26.7 Å². The van der Waals surface area contributed by atoms with Gasteiger partial charge in [0.25, 0.3) is 0 Å². The number of piperazine rings is 1. The van der Waals surface area contributed by atoms with Crippen LogP contribution in [-0.4, -0.2) is 56.5 Å². The van der Waals surface area contributed by atoms with Crippen molar-refractivity contribution >= 4 is 39.3 Å². The monoisotopic (exact) mass is 447 g/mol. The molecule has 4 rings (SSSR count). The summed E-state index contributed by atoms with van der Waals surface area (Å²) in [6.45, 7) is 5.01. The molecule has 0 spiro atoms. The normalized spacial score (nSPS) is 17.5. The number of nitrogens with one attached hydrogen (secondary N) is 1. The Balaban J connectivity index is 1.48. The Morgan fingerprint density at radius 2 is 1.80 bits per heavy atom. The summed E-state index contributed by atoms with van der Waals surface area (Å²) < 4.78 is 32.9. The molecular weight excluding hydrogens is 422 g/mol. The van der Waals surface area contributed by atoms with Crippen molar-refractivity contribution in [3.05, 3.63) is 48.0 Å². The van der Waals surface area contributed by atoms with E-state index >= 15 is 0 Å². The van der Waals surface area contributed by atoms with E-state index in [0.29, 0.717) is 19.7 Å². The molecule has 160 valence electrons. The maximum absolute atomic E-state index is 13.2. The molecule has 0 aromatic heterocycles. The van der Waals surface area contributed by atoms with Crippen LogP contribution in [0, 0.1) is 0 Å². The van der Waals surface area contributed by atoms with E-state index in [2.05, 4.69) is 11.4 Å². The number of nitrogens with zero attached hydrogens (tertiary/aromatic N) is 2. The molecule has 1 saturated heterocycles. The number of benzene rings is 2. The fraction of sp³-hybridized carbons (Fsp3) is 0.381. The number of carbonyl (C=O) groups excluding carboxylic acids is 1. The number of hydrogen-bond donors (Lipinski definition) is 1. The predicted octanol–water partition coefficient (Wildman–Crippen LogP) is 4.06. The molecule has 2 aromatic rings. The second-order valence-electron chi connectivity index (χ2n) is 7.25. The van der Waals surface area contributed by atoms with Crippen molar-refractivity contribution < 1.29 is 17.9 Å². The number of carbonyl (C=O) groups is 1. The molecular formula is C21H25N3O4S2. The van der Waals surface area contributed by atoms with E-state index in [-0.39, 0.29) is 19.2 Å². The third-order valence-electron chi connectivity index (χ3n) is 5.42. The average molecular weight is 448 g/mol. The minimum Gasteiger partial charge on any atom is -0.450 e. The van der Waals surface area contributed by atoms with Crippen molar-refractivity contribution in [3.63, 3.8) is 0 Å². The van der Waals surface area contributed by atoms with Crippen molar-refractivity contribution in [2.24, 2.45) is 0 Å². The van der Waals surface area contributed by atoms with Gasteiger partial charge in [-0.3, -0.25) is 0 Å². The van der Waals surface area contributed by atoms with E-state index in [1.807, 2.05) is 36.4 Å². The summed E-state index contributed by atoms with van der Waals surface area (Å²) in [6, 6.07) is 13.8. The van der Waals surface area contributed by atoms with Crippen LogP contribution >= 0.6 is 11.8 Å². The van der Waals surface area contributed by atoms with E-state index in [9.17, 15) is 13.2 Å². The minimum atomic E-state index is -3.54. The first-order valence-corrected chi connectivity index (χ1v) is 12.3. The second kappa shape index (κ2) is 8.49. The molecule has 9 heteroatoms. The highest BCUT2D eigenvalue weighted by Crippen LogP contribution is 2.45. The molecule has 1 N–H and O–H groups in total. The summed E-state index contributed by atoms with van der Waals surface area (Å²) in [6.07, 6.45) is -0.388. The van der Waals surface area contributed by atoms with Crippen LogP contribution in [0.15, 0.2) is 52.3 Å². The Morgan fingerprint density at radius 3 is 2.53 bits per heavy atom. The van der Waals surface area contributed by atoms with Crippen LogP contribution in [0.5, 0.6) is 0 Å². The number of amides is 1. The number of rotatable bonds is 4. The van der Waals surface area contributed by atoms with Gasteiger partial charge in [0.05, 0.1) is 23.2 Å². The average Bonchev–Trinajstić information content (AvgIpc) is 2.77. The molecule has 2 aliphatic heterocycles. The topological polar surface area (TPSA) is 79.0 Å². The molecule has 7 nitrogen and oxygen atoms in total. The van der Waals surface area contributed by atoms with E-state index in [4.69, 9.17) is 4.74 Å². The third-order valence-corrected chi connectivity index (χ3v) is 8.82. The van der Waals surface area contributed by atoms with Crippen LogP contribution in [0.3, 0.4) is 0 Å². The van der Waals surface area contributed by atoms with Crippen molar-refractivity contribution in [1.82, 2.24) is 9.21 Å². The summed E-state index contributed by atoms with van der Waals surface area (Å²) in [5, 5.41) is 2.73. The molecule has 1 unspecified atom stereocenters. The van der Waals surface area contributed by atoms with Gasteiger partial charge in [0.2, 0.25) is 10.0 Å². The minimum absolute atomic E-state index is 0.276. The van der Waals surface area contributed by atoms with Crippen LogP contribution in [0.25, 0.3) is 0 Å². The van der Waals surface area contributed by atoms with Gasteiger partial charge >= 0.3 is 6.09 Å². The van der Waals surface area contributed by atoms with E-state index in [1.54, 1.807) is 30.5 Å². The quantitative estimate of drug-likeness (QED) is 0.650. The Morgan fingerprint density at radius 1 is 1.10 bits per heavy atom. The van der Waals surface area contributed by atoms with Crippen molar-refractivity contribution in [3.8, 4) is 0 Å². The zero-order chi connectivity index (χ0) is 21.3. The van der Waals surface area contributed by atoms with Crippen molar-refractivity contribution in [2.45, 2.75) is 28.9 Å². The molecule has 0 aliphatic carbocycles. The fourth-order valence-corrected chi connectivity index (χ4v) is 6.22. The van der Waals surface area contributed by atoms with Gasteiger partial charge in [-0.05, 0) is 43.7 Å². The number of hydrogen-bond acceptors (Lipinski definition) is 6. The molecule has 0 bridgehead atoms. The molecule has 0 saturated carbocycles. The van der Waals surface area contributed by atoms with Gasteiger partial charge < -0.3 is 15.0 Å². The fourth-order valence-electron chi connectivity index (χ4n) is 3.65. The number of ether oxygens (including phenoxy) is 1. The molecule has 1 atom stereocenters. The van der Waals surface area contributed by atoms with Gasteiger partial charge in [0.15, 0.2) is 0 Å². The molecule has 2 aliphatic rings. The summed E-state index contributed by atoms with van der Waals surface area (Å²) in [5.41, 5.74) is 2.69. The molecule has 2 aromatic carbocycles. The van der Waals surface area contributed by atoms with Crippen LogP contribution in [-0.2, 0) is 14.8 Å². The first-order valence-electron chi connectivity index (χ1n) is 9.98. The maximum atomic E-state index is 13.2. The summed E-state index contributed by atoms with van der Waals surface area (Å²) in [5.74, 6) is 0. The van der Waals surface area contributed by atoms with Gasteiger partial charge in [-0.15, -0.1) is 0 Å². The zero-order valence-electron chi connectivity index (χ0n) is 17.0. The first kappa shape index (κ1) is 21.0. The predicted molar refractivity (Wildman–Crippen MR) is 118 cm³/mol. The van der Waals surface area contributed by atoms with Crippen LogP contribution < -0.4 is 5.32 Å². The second-order valence-corrected chi connectivity index (χ2v) is 10.6. The lowest BCUT2D eigenvalue weighted by molar-refractivity contribution is 0.0933. The van der Waals surface area contributed by atoms with E-state index < -0.39 is 15.3 Å². The van der Waals surface area contributed by atoms with Crippen LogP contribution in [0.4, 0.5) is 16.2 Å². The summed E-state index contributed by atoms with van der Waals surface area (Å²) >= 11 is 1.67. The highest BCUT2D eigenvalue weighted by molar-refractivity contribution is 7.99. The zero-order valence-corrected chi connectivity index (χ0v) is 18.6. The molecule has 0 radical (unpaired) electrons. The lowest BCUT2D eigenvalue weighted by atomic mass is 10.1. The smallest absolute Gasteiger partial charge is 0.409 e. The van der Waals surface area contributed by atoms with E-state index in [1.165, 1.54) is 4.31 Å². The van der Waals surface area contributed by atoms with Gasteiger partial charge in [-0.25, -0.2) is 13.2 Å². The number of fused-ring (bicyclic) bond motifs is 2. The Kier molecular flexibility index (Phi) is 5.95. The van der Waals surface area contributed by atoms with Gasteiger partial charge in [0.1, 0.15) is 0 Å². The Hall–Kier alpha value is -2.23. The van der Waals surface area contributed by atoms with Crippen LogP contribution in [0.1, 0.15) is 24.7 Å². The summed E-state index contributed by atoms with van der Waals surface area (Å²) in [4.78, 5) is 15.6. The molecule has 1 amide bonds. The largest absolute Gasteiger partial charge is 0.450 e. The molecule has 2 heterocycles. The molecule has 1 fully saturated rings. The standard InChI is InChI=1S/C21H25N3O4S2/c1-3-28-21(25)23-10-12-24(13-11-23)30(26,27)15(2)16-8-9-20-18(14-16)22-17-6-4-5-7-19(17)29-20/h4-9,14-15,22H,3,10-13H2,1-2H3. The van der Waals surface area contributed by atoms with Gasteiger partial charge in [0, 0.05) is 36.0 Å². The van der Waals surface area contributed by atoms with Crippen molar-refractivity contribution in [2.75, 3.05) is 38.1 Å². The Labute approximate surface area is 181 Å². The number of anilines is 2. The number of para-hydroxylation sites is 1. The van der Waals surface area contributed by atoms with Gasteiger partial charge in [-0.1, -0.05) is 30.0 Å². The lowest BCUT2D eigenvalue weighted by Gasteiger charge is -2.35. The maximum Gasteiger partial charge on any atom is 0.409 e.